The van der Waals surface area contributed by atoms with Crippen molar-refractivity contribution in [2.45, 2.75) is 6.42 Å². The Balaban J connectivity index is 1.34. The molecule has 0 spiro atoms. The van der Waals surface area contributed by atoms with Crippen LogP contribution in [0, 0.1) is 11.7 Å². The van der Waals surface area contributed by atoms with Crippen molar-refractivity contribution in [2.75, 3.05) is 23.4 Å². The molecule has 0 radical (unpaired) electrons. The first-order valence-electron chi connectivity index (χ1n) is 9.51. The van der Waals surface area contributed by atoms with Crippen LogP contribution >= 0.6 is 0 Å². The van der Waals surface area contributed by atoms with Crippen LogP contribution in [0.4, 0.5) is 15.8 Å². The smallest absolute Gasteiger partial charge is 0.311 e. The van der Waals surface area contributed by atoms with Crippen LogP contribution in [-0.4, -0.2) is 30.9 Å². The van der Waals surface area contributed by atoms with E-state index in [1.807, 2.05) is 36.4 Å². The first-order valence-corrected chi connectivity index (χ1v) is 9.51. The summed E-state index contributed by atoms with van der Waals surface area (Å²) in [6, 6.07) is 18.6. The Kier molecular flexibility index (Phi) is 5.43. The fourth-order valence-electron chi connectivity index (χ4n) is 3.51. The maximum atomic E-state index is 13.1. The molecule has 1 aliphatic rings. The predicted molar refractivity (Wildman–Crippen MR) is 110 cm³/mol. The van der Waals surface area contributed by atoms with Crippen LogP contribution in [0.15, 0.2) is 66.7 Å². The summed E-state index contributed by atoms with van der Waals surface area (Å²) in [7, 11) is 0. The molecule has 1 N–H and O–H groups in total. The second-order valence-electron chi connectivity index (χ2n) is 7.06. The standard InChI is InChI=1S/C23H19FN2O4/c24-17-8-10-18(11-9-17)26-13-16(12-22(26)28)23(29)30-14-21(27)25-20-7-3-5-15-4-1-2-6-19(15)20/h1-11,16H,12-14H2,(H,25,27)/t16-/m0/s1. The number of carbonyl (C=O) groups is 3. The van der Waals surface area contributed by atoms with Crippen molar-refractivity contribution in [3.05, 3.63) is 72.5 Å². The molecule has 6 nitrogen and oxygen atoms in total. The number of nitrogens with one attached hydrogen (secondary N) is 1. The van der Waals surface area contributed by atoms with E-state index in [9.17, 15) is 18.8 Å². The molecule has 1 fully saturated rings. The van der Waals surface area contributed by atoms with Crippen LogP contribution in [0.1, 0.15) is 6.42 Å². The van der Waals surface area contributed by atoms with E-state index >= 15 is 0 Å². The molecule has 30 heavy (non-hydrogen) atoms. The molecular weight excluding hydrogens is 387 g/mol. The van der Waals surface area contributed by atoms with Gasteiger partial charge in [0.1, 0.15) is 5.82 Å². The quantitative estimate of drug-likeness (QED) is 0.658. The van der Waals surface area contributed by atoms with Gasteiger partial charge in [-0.3, -0.25) is 14.4 Å². The van der Waals surface area contributed by atoms with E-state index in [-0.39, 0.29) is 18.9 Å². The molecule has 0 saturated carbocycles. The molecule has 152 valence electrons. The number of ether oxygens (including phenoxy) is 1. The van der Waals surface area contributed by atoms with Gasteiger partial charge in [0.15, 0.2) is 6.61 Å². The summed E-state index contributed by atoms with van der Waals surface area (Å²) >= 11 is 0. The Labute approximate surface area is 172 Å². The van der Waals surface area contributed by atoms with Crippen LogP contribution in [0.3, 0.4) is 0 Å². The van der Waals surface area contributed by atoms with Crippen LogP contribution in [0.5, 0.6) is 0 Å². The first-order chi connectivity index (χ1) is 14.5. The van der Waals surface area contributed by atoms with Gasteiger partial charge in [0.2, 0.25) is 5.91 Å². The number of rotatable bonds is 5. The number of halogens is 1. The Morgan fingerprint density at radius 1 is 1.03 bits per heavy atom. The van der Waals surface area contributed by atoms with Gasteiger partial charge in [0.05, 0.1) is 5.92 Å². The highest BCUT2D eigenvalue weighted by atomic mass is 19.1. The average molecular weight is 406 g/mol. The van der Waals surface area contributed by atoms with Gasteiger partial charge in [-0.05, 0) is 35.7 Å². The minimum Gasteiger partial charge on any atom is -0.455 e. The third-order valence-corrected chi connectivity index (χ3v) is 5.01. The molecule has 3 aromatic rings. The summed E-state index contributed by atoms with van der Waals surface area (Å²) < 4.78 is 18.2. The van der Waals surface area contributed by atoms with Crippen molar-refractivity contribution in [1.82, 2.24) is 0 Å². The SMILES string of the molecule is O=C(COC(=O)[C@H]1CC(=O)N(c2ccc(F)cc2)C1)Nc1cccc2ccccc12. The number of benzene rings is 3. The number of amides is 2. The van der Waals surface area contributed by atoms with Gasteiger partial charge >= 0.3 is 5.97 Å². The van der Waals surface area contributed by atoms with Gasteiger partial charge < -0.3 is 15.0 Å². The summed E-state index contributed by atoms with van der Waals surface area (Å²) in [6.45, 7) is -0.308. The van der Waals surface area contributed by atoms with E-state index in [0.717, 1.165) is 10.8 Å². The molecule has 1 atom stereocenters. The van der Waals surface area contributed by atoms with Gasteiger partial charge in [-0.15, -0.1) is 0 Å². The lowest BCUT2D eigenvalue weighted by Gasteiger charge is -2.16. The summed E-state index contributed by atoms with van der Waals surface area (Å²) in [6.07, 6.45) is -0.0127. The van der Waals surface area contributed by atoms with E-state index in [1.54, 1.807) is 6.07 Å². The van der Waals surface area contributed by atoms with Crippen LogP contribution in [0.2, 0.25) is 0 Å². The topological polar surface area (TPSA) is 75.7 Å². The van der Waals surface area contributed by atoms with Gasteiger partial charge in [-0.1, -0.05) is 36.4 Å². The van der Waals surface area contributed by atoms with E-state index in [4.69, 9.17) is 4.74 Å². The maximum Gasteiger partial charge on any atom is 0.311 e. The van der Waals surface area contributed by atoms with Crippen molar-refractivity contribution >= 4 is 39.9 Å². The summed E-state index contributed by atoms with van der Waals surface area (Å²) in [5.41, 5.74) is 1.15. The molecule has 2 amide bonds. The van der Waals surface area contributed by atoms with Crippen molar-refractivity contribution in [3.63, 3.8) is 0 Å². The summed E-state index contributed by atoms with van der Waals surface area (Å²) in [5, 5.41) is 4.62. The molecular formula is C23H19FN2O4. The number of hydrogen-bond acceptors (Lipinski definition) is 4. The zero-order chi connectivity index (χ0) is 21.1. The molecule has 0 unspecified atom stereocenters. The van der Waals surface area contributed by atoms with Crippen LogP contribution < -0.4 is 10.2 Å². The Hall–Kier alpha value is -3.74. The van der Waals surface area contributed by atoms with E-state index < -0.39 is 30.2 Å². The molecule has 7 heteroatoms. The Bertz CT molecular complexity index is 1110. The molecule has 0 aromatic heterocycles. The molecule has 0 bridgehead atoms. The molecule has 1 heterocycles. The lowest BCUT2D eigenvalue weighted by atomic mass is 10.1. The number of fused-ring (bicyclic) bond motifs is 1. The third-order valence-electron chi connectivity index (χ3n) is 5.01. The minimum absolute atomic E-state index is 0.0127. The monoisotopic (exact) mass is 406 g/mol. The fraction of sp³-hybridized carbons (Fsp3) is 0.174. The third kappa shape index (κ3) is 4.15. The Morgan fingerprint density at radius 2 is 1.77 bits per heavy atom. The zero-order valence-electron chi connectivity index (χ0n) is 16.0. The first kappa shape index (κ1) is 19.6. The van der Waals surface area contributed by atoms with Gasteiger partial charge in [-0.25, -0.2) is 4.39 Å². The van der Waals surface area contributed by atoms with Crippen molar-refractivity contribution < 1.29 is 23.5 Å². The van der Waals surface area contributed by atoms with Crippen molar-refractivity contribution in [3.8, 4) is 0 Å². The Morgan fingerprint density at radius 3 is 2.57 bits per heavy atom. The van der Waals surface area contributed by atoms with Crippen LogP contribution in [-0.2, 0) is 19.1 Å². The second kappa shape index (κ2) is 8.32. The number of anilines is 2. The summed E-state index contributed by atoms with van der Waals surface area (Å²) in [5.74, 6) is -2.39. The van der Waals surface area contributed by atoms with Gasteiger partial charge in [0, 0.05) is 29.7 Å². The fourth-order valence-corrected chi connectivity index (χ4v) is 3.51. The second-order valence-corrected chi connectivity index (χ2v) is 7.06. The number of nitrogens with zero attached hydrogens (tertiary/aromatic N) is 1. The highest BCUT2D eigenvalue weighted by Crippen LogP contribution is 2.26. The lowest BCUT2D eigenvalue weighted by Crippen LogP contribution is -2.28. The van der Waals surface area contributed by atoms with Crippen LogP contribution in [0.25, 0.3) is 10.8 Å². The highest BCUT2D eigenvalue weighted by molar-refractivity contribution is 6.03. The zero-order valence-corrected chi connectivity index (χ0v) is 16.0. The number of carbonyl (C=O) groups excluding carboxylic acids is 3. The van der Waals surface area contributed by atoms with Gasteiger partial charge in [0.25, 0.3) is 5.91 Å². The van der Waals surface area contributed by atoms with E-state index in [1.165, 1.54) is 29.2 Å². The molecule has 0 aliphatic carbocycles. The average Bonchev–Trinajstić information content (AvgIpc) is 3.14. The number of hydrogen-bond donors (Lipinski definition) is 1. The highest BCUT2D eigenvalue weighted by Gasteiger charge is 2.36. The van der Waals surface area contributed by atoms with Gasteiger partial charge in [-0.2, -0.15) is 0 Å². The lowest BCUT2D eigenvalue weighted by molar-refractivity contribution is -0.151. The molecule has 1 saturated heterocycles. The van der Waals surface area contributed by atoms with E-state index in [0.29, 0.717) is 11.4 Å². The maximum absolute atomic E-state index is 13.1. The minimum atomic E-state index is -0.673. The molecule has 3 aromatic carbocycles. The number of esters is 1. The molecule has 1 aliphatic heterocycles. The van der Waals surface area contributed by atoms with Crippen molar-refractivity contribution in [2.24, 2.45) is 5.92 Å². The normalized spacial score (nSPS) is 16.0. The van der Waals surface area contributed by atoms with E-state index in [2.05, 4.69) is 5.32 Å². The summed E-state index contributed by atoms with van der Waals surface area (Å²) in [4.78, 5) is 38.2. The van der Waals surface area contributed by atoms with Crippen molar-refractivity contribution in [1.29, 1.82) is 0 Å². The predicted octanol–water partition coefficient (Wildman–Crippen LogP) is 3.51. The molecule has 4 rings (SSSR count). The largest absolute Gasteiger partial charge is 0.455 e.